The molecule has 0 aliphatic carbocycles. The van der Waals surface area contributed by atoms with Crippen molar-refractivity contribution in [1.29, 1.82) is 0 Å². The molecule has 78 valence electrons. The monoisotopic (exact) mass is 192 g/mol. The zero-order valence-electron chi connectivity index (χ0n) is 9.42. The van der Waals surface area contributed by atoms with Crippen LogP contribution < -0.4 is 0 Å². The van der Waals surface area contributed by atoms with E-state index in [1.807, 2.05) is 26.0 Å². The van der Waals surface area contributed by atoms with Crippen molar-refractivity contribution in [3.63, 3.8) is 0 Å². The first-order valence-corrected chi connectivity index (χ1v) is 4.79. The largest absolute Gasteiger partial charge is 0.366 e. The molecule has 1 heteroatoms. The summed E-state index contributed by atoms with van der Waals surface area (Å²) in [5.74, 6) is 0. The fourth-order valence-corrected chi connectivity index (χ4v) is 0.783. The topological polar surface area (TPSA) is 9.23 Å². The van der Waals surface area contributed by atoms with Crippen LogP contribution in [0.15, 0.2) is 48.6 Å². The van der Waals surface area contributed by atoms with Gasteiger partial charge in [0.1, 0.15) is 0 Å². The van der Waals surface area contributed by atoms with E-state index in [1.165, 1.54) is 5.57 Å². The average molecular weight is 192 g/mol. The highest BCUT2D eigenvalue weighted by molar-refractivity contribution is 5.17. The molecule has 0 aromatic heterocycles. The molecule has 1 nitrogen and oxygen atoms in total. The van der Waals surface area contributed by atoms with Gasteiger partial charge in [-0.05, 0) is 20.8 Å². The minimum Gasteiger partial charge on any atom is -0.366 e. The van der Waals surface area contributed by atoms with Gasteiger partial charge in [-0.25, -0.2) is 0 Å². The Morgan fingerprint density at radius 3 is 2.50 bits per heavy atom. The second-order valence-corrected chi connectivity index (χ2v) is 3.36. The summed E-state index contributed by atoms with van der Waals surface area (Å²) in [5.41, 5.74) is 2.24. The Morgan fingerprint density at radius 1 is 1.43 bits per heavy atom. The van der Waals surface area contributed by atoms with Gasteiger partial charge in [-0.3, -0.25) is 0 Å². The van der Waals surface area contributed by atoms with Crippen LogP contribution in [0.1, 0.15) is 20.8 Å². The molecule has 0 N–H and O–H groups in total. The fourth-order valence-electron chi connectivity index (χ4n) is 0.783. The summed E-state index contributed by atoms with van der Waals surface area (Å²) in [6.45, 7) is 14.1. The van der Waals surface area contributed by atoms with Crippen LogP contribution in [-0.2, 0) is 4.74 Å². The number of hydrogen-bond acceptors (Lipinski definition) is 1. The van der Waals surface area contributed by atoms with Gasteiger partial charge in [0, 0.05) is 0 Å². The molecule has 0 saturated carbocycles. The molecular formula is C13H20O. The third kappa shape index (κ3) is 6.44. The Labute approximate surface area is 87.5 Å². The van der Waals surface area contributed by atoms with E-state index in [0.29, 0.717) is 6.61 Å². The summed E-state index contributed by atoms with van der Waals surface area (Å²) in [5, 5.41) is 0. The van der Waals surface area contributed by atoms with Crippen molar-refractivity contribution in [1.82, 2.24) is 0 Å². The van der Waals surface area contributed by atoms with Crippen molar-refractivity contribution < 1.29 is 4.74 Å². The van der Waals surface area contributed by atoms with E-state index in [1.54, 1.807) is 6.08 Å². The first kappa shape index (κ1) is 12.9. The molecular weight excluding hydrogens is 172 g/mol. The maximum absolute atomic E-state index is 5.52. The maximum atomic E-state index is 5.52. The predicted octanol–water partition coefficient (Wildman–Crippen LogP) is 3.66. The molecule has 0 saturated heterocycles. The van der Waals surface area contributed by atoms with Crippen molar-refractivity contribution in [2.45, 2.75) is 26.9 Å². The Bertz CT molecular complexity index is 246. The van der Waals surface area contributed by atoms with E-state index < -0.39 is 0 Å². The molecule has 0 aromatic rings. The molecule has 0 rings (SSSR count). The molecule has 0 aromatic carbocycles. The third-order valence-electron chi connectivity index (χ3n) is 1.76. The van der Waals surface area contributed by atoms with Crippen LogP contribution in [0.5, 0.6) is 0 Å². The zero-order chi connectivity index (χ0) is 11.0. The van der Waals surface area contributed by atoms with Crippen LogP contribution in [0.3, 0.4) is 0 Å². The molecule has 0 bridgehead atoms. The van der Waals surface area contributed by atoms with E-state index in [2.05, 4.69) is 26.2 Å². The van der Waals surface area contributed by atoms with Gasteiger partial charge in [-0.2, -0.15) is 0 Å². The normalized spacial score (nSPS) is 14.4. The van der Waals surface area contributed by atoms with Gasteiger partial charge >= 0.3 is 0 Å². The summed E-state index contributed by atoms with van der Waals surface area (Å²) in [6.07, 6.45) is 7.83. The van der Waals surface area contributed by atoms with Crippen LogP contribution >= 0.6 is 0 Å². The third-order valence-corrected chi connectivity index (χ3v) is 1.76. The maximum Gasteiger partial charge on any atom is 0.0942 e. The Hall–Kier alpha value is -1.08. The van der Waals surface area contributed by atoms with Gasteiger partial charge in [0.25, 0.3) is 0 Å². The molecule has 0 amide bonds. The van der Waals surface area contributed by atoms with E-state index in [0.717, 1.165) is 5.57 Å². The van der Waals surface area contributed by atoms with E-state index in [-0.39, 0.29) is 6.10 Å². The van der Waals surface area contributed by atoms with Crippen LogP contribution in [0.25, 0.3) is 0 Å². The summed E-state index contributed by atoms with van der Waals surface area (Å²) in [4.78, 5) is 0. The highest BCUT2D eigenvalue weighted by atomic mass is 16.5. The van der Waals surface area contributed by atoms with Crippen LogP contribution in [0.4, 0.5) is 0 Å². The molecule has 0 spiro atoms. The highest BCUT2D eigenvalue weighted by Crippen LogP contribution is 2.02. The van der Waals surface area contributed by atoms with Gasteiger partial charge in [-0.1, -0.05) is 42.0 Å². The van der Waals surface area contributed by atoms with Crippen LogP contribution in [-0.4, -0.2) is 12.7 Å². The standard InChI is InChI=1S/C13H20O/c1-6-12(5)8-9-13(7-2)14-10-11(3)4/h6-9,13H,2-3,10H2,1,4-5H3. The van der Waals surface area contributed by atoms with E-state index in [9.17, 15) is 0 Å². The minimum absolute atomic E-state index is 0.0263. The lowest BCUT2D eigenvalue weighted by Gasteiger charge is -2.09. The molecule has 14 heavy (non-hydrogen) atoms. The summed E-state index contributed by atoms with van der Waals surface area (Å²) in [6, 6.07) is 0. The highest BCUT2D eigenvalue weighted by Gasteiger charge is 1.98. The average Bonchev–Trinajstić information content (AvgIpc) is 2.17. The van der Waals surface area contributed by atoms with Crippen molar-refractivity contribution >= 4 is 0 Å². The van der Waals surface area contributed by atoms with Crippen molar-refractivity contribution in [2.75, 3.05) is 6.61 Å². The molecule has 0 heterocycles. The van der Waals surface area contributed by atoms with Gasteiger partial charge < -0.3 is 4.74 Å². The Morgan fingerprint density at radius 2 is 2.07 bits per heavy atom. The SMILES string of the molecule is C=CC(C=CC(C)=CC)OCC(=C)C. The van der Waals surface area contributed by atoms with Gasteiger partial charge in [0.15, 0.2) is 0 Å². The molecule has 0 aliphatic rings. The summed E-state index contributed by atoms with van der Waals surface area (Å²) < 4.78 is 5.52. The van der Waals surface area contributed by atoms with Gasteiger partial charge in [0.2, 0.25) is 0 Å². The quantitative estimate of drug-likeness (QED) is 0.461. The van der Waals surface area contributed by atoms with Crippen LogP contribution in [0, 0.1) is 0 Å². The van der Waals surface area contributed by atoms with E-state index in [4.69, 9.17) is 4.74 Å². The second kappa shape index (κ2) is 7.34. The second-order valence-electron chi connectivity index (χ2n) is 3.36. The molecule has 0 radical (unpaired) electrons. The lowest BCUT2D eigenvalue weighted by atomic mass is 10.2. The first-order valence-electron chi connectivity index (χ1n) is 4.79. The lowest BCUT2D eigenvalue weighted by molar-refractivity contribution is 0.137. The predicted molar refractivity (Wildman–Crippen MR) is 63.3 cm³/mol. The van der Waals surface area contributed by atoms with Crippen molar-refractivity contribution in [2.24, 2.45) is 0 Å². The van der Waals surface area contributed by atoms with Gasteiger partial charge in [0.05, 0.1) is 12.7 Å². The fraction of sp³-hybridized carbons (Fsp3) is 0.385. The first-order chi connectivity index (χ1) is 6.60. The molecule has 1 atom stereocenters. The number of allylic oxidation sites excluding steroid dienone is 3. The number of hydrogen-bond donors (Lipinski definition) is 0. The lowest BCUT2D eigenvalue weighted by Crippen LogP contribution is -2.07. The Kier molecular flexibility index (Phi) is 6.77. The summed E-state index contributed by atoms with van der Waals surface area (Å²) >= 11 is 0. The minimum atomic E-state index is -0.0263. The Balaban J connectivity index is 4.09. The molecule has 0 fully saturated rings. The molecule has 0 aliphatic heterocycles. The summed E-state index contributed by atoms with van der Waals surface area (Å²) in [7, 11) is 0. The number of rotatable bonds is 6. The van der Waals surface area contributed by atoms with E-state index >= 15 is 0 Å². The van der Waals surface area contributed by atoms with Crippen molar-refractivity contribution in [3.05, 3.63) is 48.6 Å². The smallest absolute Gasteiger partial charge is 0.0942 e. The molecule has 1 unspecified atom stereocenters. The van der Waals surface area contributed by atoms with Gasteiger partial charge in [-0.15, -0.1) is 6.58 Å². The van der Waals surface area contributed by atoms with Crippen molar-refractivity contribution in [3.8, 4) is 0 Å². The zero-order valence-corrected chi connectivity index (χ0v) is 9.42. The van der Waals surface area contributed by atoms with Crippen LogP contribution in [0.2, 0.25) is 0 Å². The number of ether oxygens (including phenoxy) is 1.